The van der Waals surface area contributed by atoms with Crippen LogP contribution in [0.25, 0.3) is 10.9 Å². The molecule has 1 atom stereocenters. The van der Waals surface area contributed by atoms with Crippen molar-refractivity contribution >= 4 is 73.7 Å². The van der Waals surface area contributed by atoms with E-state index < -0.39 is 27.9 Å². The zero-order valence-corrected chi connectivity index (χ0v) is 27.8. The number of hydrogen-bond acceptors (Lipinski definition) is 17. The van der Waals surface area contributed by atoms with E-state index in [0.717, 1.165) is 36.4 Å². The van der Waals surface area contributed by atoms with Crippen LogP contribution in [0, 0.1) is 5.92 Å². The Morgan fingerprint density at radius 1 is 1.23 bits per heavy atom. The summed E-state index contributed by atoms with van der Waals surface area (Å²) >= 11 is 1.22. The number of carbonyl (C=O) groups is 3. The summed E-state index contributed by atoms with van der Waals surface area (Å²) in [5, 5.41) is 23.4. The molecule has 2 saturated heterocycles. The fraction of sp³-hybridized carbons (Fsp3) is 0.407. The molecule has 4 heterocycles. The normalized spacial score (nSPS) is 17.1. The van der Waals surface area contributed by atoms with E-state index in [2.05, 4.69) is 35.4 Å². The number of nitrogens with one attached hydrogen (secondary N) is 3. The molecule has 0 saturated carbocycles. The summed E-state index contributed by atoms with van der Waals surface area (Å²) in [6.07, 6.45) is 0.570. The number of nitrogens with two attached hydrogens (primary N) is 2. The summed E-state index contributed by atoms with van der Waals surface area (Å²) in [5.41, 5.74) is 12.9. The molecule has 0 radical (unpaired) electrons. The maximum absolute atomic E-state index is 11.2. The van der Waals surface area contributed by atoms with Gasteiger partial charge in [0.05, 0.1) is 11.1 Å². The number of likely N-dealkylation sites (N-methyl/N-ethyl adjacent to an activating group) is 1. The highest BCUT2D eigenvalue weighted by Gasteiger charge is 2.56. The number of nitrogen functional groups attached to an aromatic ring is 2. The van der Waals surface area contributed by atoms with Crippen molar-refractivity contribution in [3.05, 3.63) is 35.3 Å². The molecule has 19 nitrogen and oxygen atoms in total. The molecular formula is C27H37N9O10S2. The number of pyridine rings is 1. The van der Waals surface area contributed by atoms with E-state index in [4.69, 9.17) is 35.5 Å². The van der Waals surface area contributed by atoms with Crippen molar-refractivity contribution in [2.75, 3.05) is 56.7 Å². The number of thiazole rings is 1. The number of oxime groups is 1. The number of amides is 1. The summed E-state index contributed by atoms with van der Waals surface area (Å²) < 4.78 is 39.0. The number of aldehydes is 1. The Bertz CT molecular complexity index is 1710. The summed E-state index contributed by atoms with van der Waals surface area (Å²) in [7, 11) is -3.06. The lowest BCUT2D eigenvalue weighted by molar-refractivity contribution is -0.218. The van der Waals surface area contributed by atoms with Gasteiger partial charge in [-0.15, -0.1) is 15.6 Å². The Labute approximate surface area is 279 Å². The predicted molar refractivity (Wildman–Crippen MR) is 177 cm³/mol. The third kappa shape index (κ3) is 10.2. The van der Waals surface area contributed by atoms with Crippen molar-refractivity contribution in [1.82, 2.24) is 25.7 Å². The molecule has 9 N–H and O–H groups in total. The molecule has 1 amide bonds. The molecule has 5 rings (SSSR count). The zero-order valence-electron chi connectivity index (χ0n) is 26.2. The number of nitrogens with zero attached hydrogens (tertiary/aromatic N) is 4. The summed E-state index contributed by atoms with van der Waals surface area (Å²) in [6.45, 7) is 6.30. The molecule has 2 fully saturated rings. The van der Waals surface area contributed by atoms with Gasteiger partial charge in [0.15, 0.2) is 23.7 Å². The molecule has 0 bridgehead atoms. The Morgan fingerprint density at radius 2 is 1.94 bits per heavy atom. The van der Waals surface area contributed by atoms with E-state index in [0.29, 0.717) is 39.5 Å². The topological polar surface area (TPSA) is 283 Å². The third-order valence-electron chi connectivity index (χ3n) is 6.89. The zero-order chi connectivity index (χ0) is 35.5. The molecule has 1 aromatic carbocycles. The minimum Gasteiger partial charge on any atom is -0.490 e. The van der Waals surface area contributed by atoms with Gasteiger partial charge in [0.2, 0.25) is 0 Å². The standard InChI is InChI=1S/C20H23N7O3S.C6H12N2O5S.CH2O2/c21-15-6-19(24-9-12-7-23-8-12)25-16-2-1-13(5-14(15)16)29-3-4-30-27-17(10-28)18-11-31-20(22)26-18;1-6(2)4(7-3)5(9)8(6)13-14(10,11)12;2-1-3/h1-2,5-6,10-12,23H,3-4,7-9H2,(H2,22,26)(H3,21,24,25);4,7H,1-3H3,(H,10,11,12);1H,(H,2,3)/b27-17+;;. The monoisotopic (exact) mass is 711 g/mol. The van der Waals surface area contributed by atoms with Gasteiger partial charge in [-0.3, -0.25) is 18.9 Å². The van der Waals surface area contributed by atoms with Crippen LogP contribution in [-0.4, -0.2) is 109 Å². The molecule has 2 aliphatic rings. The van der Waals surface area contributed by atoms with Gasteiger partial charge in [-0.1, -0.05) is 5.16 Å². The van der Waals surface area contributed by atoms with Crippen LogP contribution < -0.4 is 32.2 Å². The first-order valence-corrected chi connectivity index (χ1v) is 16.4. The van der Waals surface area contributed by atoms with Gasteiger partial charge in [0.25, 0.3) is 12.4 Å². The Hall–Kier alpha value is -4.67. The Balaban J connectivity index is 0.000000307. The van der Waals surface area contributed by atoms with Crippen molar-refractivity contribution in [2.45, 2.75) is 25.4 Å². The van der Waals surface area contributed by atoms with E-state index in [-0.39, 0.29) is 25.4 Å². The molecule has 21 heteroatoms. The summed E-state index contributed by atoms with van der Waals surface area (Å²) in [4.78, 5) is 44.5. The van der Waals surface area contributed by atoms with Gasteiger partial charge in [0, 0.05) is 48.1 Å². The number of carboxylic acid groups (broad SMARTS) is 1. The number of β-lactam (4-membered cyclic amide) rings is 1. The van der Waals surface area contributed by atoms with E-state index >= 15 is 0 Å². The smallest absolute Gasteiger partial charge is 0.418 e. The van der Waals surface area contributed by atoms with Gasteiger partial charge >= 0.3 is 10.4 Å². The molecule has 48 heavy (non-hydrogen) atoms. The van der Waals surface area contributed by atoms with E-state index in [1.807, 2.05) is 24.3 Å². The van der Waals surface area contributed by atoms with E-state index in [1.165, 1.54) is 11.3 Å². The van der Waals surface area contributed by atoms with E-state index in [9.17, 15) is 18.0 Å². The van der Waals surface area contributed by atoms with Crippen LogP contribution in [0.1, 0.15) is 19.5 Å². The number of rotatable bonds is 13. The predicted octanol–water partition coefficient (Wildman–Crippen LogP) is 0.116. The quantitative estimate of drug-likeness (QED) is 0.0309. The van der Waals surface area contributed by atoms with Gasteiger partial charge < -0.3 is 42.1 Å². The third-order valence-corrected chi connectivity index (χ3v) is 7.90. The largest absolute Gasteiger partial charge is 0.490 e. The van der Waals surface area contributed by atoms with Crippen LogP contribution in [0.4, 0.5) is 16.6 Å². The molecule has 3 aromatic rings. The SMILES string of the molecule is CNC1C(=O)N(OS(=O)(=O)O)C1(C)C.Nc1nc(/C(C=O)=N/OCCOc2ccc3nc(NCC4CNC4)cc(N)c3c2)cs1.O=CO. The number of anilines is 3. The van der Waals surface area contributed by atoms with Crippen LogP contribution in [0.5, 0.6) is 5.75 Å². The maximum Gasteiger partial charge on any atom is 0.418 e. The minimum atomic E-state index is -4.64. The lowest BCUT2D eigenvalue weighted by atomic mass is 9.85. The first kappa shape index (κ1) is 37.8. The van der Waals surface area contributed by atoms with Crippen LogP contribution in [-0.2, 0) is 33.9 Å². The number of hydrogen-bond donors (Lipinski definition) is 7. The molecule has 0 spiro atoms. The van der Waals surface area contributed by atoms with Crippen molar-refractivity contribution in [1.29, 1.82) is 0 Å². The van der Waals surface area contributed by atoms with Crippen LogP contribution in [0.15, 0.2) is 34.8 Å². The van der Waals surface area contributed by atoms with Crippen molar-refractivity contribution < 1.29 is 46.3 Å². The number of ether oxygens (including phenoxy) is 1. The Kier molecular flexibility index (Phi) is 13.3. The average Bonchev–Trinajstić information content (AvgIpc) is 3.43. The molecule has 1 unspecified atom stereocenters. The molecule has 2 aromatic heterocycles. The highest BCUT2D eigenvalue weighted by molar-refractivity contribution is 7.80. The van der Waals surface area contributed by atoms with Gasteiger partial charge in [-0.25, -0.2) is 9.97 Å². The number of carbonyl (C=O) groups excluding carboxylic acids is 2. The second-order valence-corrected chi connectivity index (χ2v) is 12.5. The fourth-order valence-electron chi connectivity index (χ4n) is 4.46. The highest BCUT2D eigenvalue weighted by atomic mass is 32.3. The van der Waals surface area contributed by atoms with Crippen LogP contribution >= 0.6 is 11.3 Å². The second kappa shape index (κ2) is 16.9. The Morgan fingerprint density at radius 3 is 2.48 bits per heavy atom. The molecule has 262 valence electrons. The lowest BCUT2D eigenvalue weighted by Gasteiger charge is -2.50. The molecule has 2 aliphatic heterocycles. The summed E-state index contributed by atoms with van der Waals surface area (Å²) in [5.74, 6) is 1.50. The lowest BCUT2D eigenvalue weighted by Crippen LogP contribution is -2.75. The van der Waals surface area contributed by atoms with Crippen molar-refractivity contribution in [2.24, 2.45) is 11.1 Å². The average molecular weight is 712 g/mol. The van der Waals surface area contributed by atoms with Crippen molar-refractivity contribution in [3.8, 4) is 5.75 Å². The minimum absolute atomic E-state index is 0.0792. The van der Waals surface area contributed by atoms with Gasteiger partial charge in [0.1, 0.15) is 29.9 Å². The summed E-state index contributed by atoms with van der Waals surface area (Å²) in [6, 6.07) is 6.86. The van der Waals surface area contributed by atoms with Crippen LogP contribution in [0.3, 0.4) is 0 Å². The number of hydroxylamine groups is 2. The van der Waals surface area contributed by atoms with Gasteiger partial charge in [-0.2, -0.15) is 13.5 Å². The number of aromatic nitrogens is 2. The highest BCUT2D eigenvalue weighted by Crippen LogP contribution is 2.32. The maximum atomic E-state index is 11.2. The fourth-order valence-corrected chi connectivity index (χ4v) is 5.47. The first-order valence-electron chi connectivity index (χ1n) is 14.1. The van der Waals surface area contributed by atoms with Crippen LogP contribution in [0.2, 0.25) is 0 Å². The molecule has 0 aliphatic carbocycles. The first-order chi connectivity index (χ1) is 22.7. The van der Waals surface area contributed by atoms with Crippen molar-refractivity contribution in [3.63, 3.8) is 0 Å². The number of fused-ring (bicyclic) bond motifs is 1. The van der Waals surface area contributed by atoms with E-state index in [1.54, 1.807) is 26.3 Å². The second-order valence-electron chi connectivity index (χ2n) is 10.6. The van der Waals surface area contributed by atoms with Gasteiger partial charge in [-0.05, 0) is 39.1 Å². The number of benzene rings is 1. The molecular weight excluding hydrogens is 674 g/mol.